The number of aryl methyl sites for hydroxylation is 1. The first-order valence-corrected chi connectivity index (χ1v) is 3.43. The summed E-state index contributed by atoms with van der Waals surface area (Å²) in [4.78, 5) is 0.971. The molecule has 1 aromatic heterocycles. The Morgan fingerprint density at radius 2 is 2.00 bits per heavy atom. The standard InChI is InChI=1S/C6H10N6O/c1-3-2-13-11-4(3)12(5(7)8)6(9)10/h2H,1H3,(H3,7,8)(H3,9,10). The zero-order valence-electron chi connectivity index (χ0n) is 7.03. The molecule has 0 unspecified atom stereocenters. The third kappa shape index (κ3) is 1.58. The Morgan fingerprint density at radius 1 is 1.46 bits per heavy atom. The van der Waals surface area contributed by atoms with E-state index in [1.807, 2.05) is 0 Å². The number of guanidine groups is 2. The van der Waals surface area contributed by atoms with Crippen molar-refractivity contribution in [2.45, 2.75) is 6.92 Å². The quantitative estimate of drug-likeness (QED) is 0.346. The van der Waals surface area contributed by atoms with Crippen LogP contribution in [0.1, 0.15) is 5.56 Å². The van der Waals surface area contributed by atoms with Gasteiger partial charge in [-0.15, -0.1) is 0 Å². The van der Waals surface area contributed by atoms with Gasteiger partial charge in [-0.3, -0.25) is 10.8 Å². The molecule has 0 aromatic carbocycles. The summed E-state index contributed by atoms with van der Waals surface area (Å²) in [5.74, 6) is -0.478. The lowest BCUT2D eigenvalue weighted by Crippen LogP contribution is -2.45. The number of nitrogens with two attached hydrogens (primary N) is 2. The normalized spacial score (nSPS) is 9.62. The maximum atomic E-state index is 7.16. The second-order valence-electron chi connectivity index (χ2n) is 2.43. The third-order valence-electron chi connectivity index (χ3n) is 1.41. The van der Waals surface area contributed by atoms with Gasteiger partial charge in [-0.25, -0.2) is 4.90 Å². The molecule has 7 heteroatoms. The summed E-state index contributed by atoms with van der Waals surface area (Å²) in [6, 6.07) is 0. The monoisotopic (exact) mass is 182 g/mol. The number of hydrogen-bond donors (Lipinski definition) is 4. The predicted octanol–water partition coefficient (Wildman–Crippen LogP) is -0.424. The zero-order valence-corrected chi connectivity index (χ0v) is 7.03. The van der Waals surface area contributed by atoms with E-state index in [9.17, 15) is 0 Å². The average molecular weight is 182 g/mol. The van der Waals surface area contributed by atoms with E-state index in [0.29, 0.717) is 5.56 Å². The topological polar surface area (TPSA) is 129 Å². The molecule has 0 saturated heterocycles. The van der Waals surface area contributed by atoms with E-state index in [1.165, 1.54) is 6.26 Å². The van der Waals surface area contributed by atoms with Gasteiger partial charge < -0.3 is 16.0 Å². The summed E-state index contributed by atoms with van der Waals surface area (Å²) in [5, 5.41) is 17.9. The number of nitrogens with one attached hydrogen (secondary N) is 2. The molecule has 1 aromatic rings. The number of hydrogen-bond acceptors (Lipinski definition) is 4. The van der Waals surface area contributed by atoms with Gasteiger partial charge in [-0.1, -0.05) is 5.16 Å². The maximum Gasteiger partial charge on any atom is 0.201 e. The first-order chi connectivity index (χ1) is 6.04. The molecular weight excluding hydrogens is 172 g/mol. The Hall–Kier alpha value is -2.05. The summed E-state index contributed by atoms with van der Waals surface area (Å²) in [5.41, 5.74) is 11.1. The fraction of sp³-hybridized carbons (Fsp3) is 0.167. The Kier molecular flexibility index (Phi) is 2.18. The van der Waals surface area contributed by atoms with Crippen LogP contribution in [0.2, 0.25) is 0 Å². The predicted molar refractivity (Wildman–Crippen MR) is 47.5 cm³/mol. The molecule has 0 aliphatic heterocycles. The van der Waals surface area contributed by atoms with Crippen LogP contribution in [0, 0.1) is 17.7 Å². The molecule has 0 bridgehead atoms. The van der Waals surface area contributed by atoms with Crippen LogP contribution < -0.4 is 16.4 Å². The molecule has 7 nitrogen and oxygen atoms in total. The summed E-state index contributed by atoms with van der Waals surface area (Å²) >= 11 is 0. The van der Waals surface area contributed by atoms with Crippen LogP contribution in [0.3, 0.4) is 0 Å². The van der Waals surface area contributed by atoms with Gasteiger partial charge in [-0.05, 0) is 6.92 Å². The van der Waals surface area contributed by atoms with E-state index < -0.39 is 0 Å². The Bertz CT molecular complexity index is 329. The minimum Gasteiger partial charge on any atom is -0.369 e. The van der Waals surface area contributed by atoms with Crippen LogP contribution in [0.5, 0.6) is 0 Å². The van der Waals surface area contributed by atoms with Crippen molar-refractivity contribution < 1.29 is 4.52 Å². The van der Waals surface area contributed by atoms with Gasteiger partial charge in [0.25, 0.3) is 0 Å². The van der Waals surface area contributed by atoms with Gasteiger partial charge in [-0.2, -0.15) is 0 Å². The molecule has 1 rings (SSSR count). The fourth-order valence-corrected chi connectivity index (χ4v) is 0.855. The van der Waals surface area contributed by atoms with Crippen LogP contribution in [0.4, 0.5) is 5.82 Å². The van der Waals surface area contributed by atoms with Gasteiger partial charge in [0.1, 0.15) is 6.26 Å². The van der Waals surface area contributed by atoms with Gasteiger partial charge in [0.15, 0.2) is 5.82 Å². The van der Waals surface area contributed by atoms with Crippen molar-refractivity contribution in [3.63, 3.8) is 0 Å². The minimum absolute atomic E-state index is 0.264. The van der Waals surface area contributed by atoms with Gasteiger partial charge in [0.05, 0.1) is 0 Å². The summed E-state index contributed by atoms with van der Waals surface area (Å²) < 4.78 is 4.63. The number of nitrogens with zero attached hydrogens (tertiary/aromatic N) is 2. The summed E-state index contributed by atoms with van der Waals surface area (Å²) in [6.45, 7) is 1.71. The Balaban J connectivity index is 3.09. The molecule has 0 spiro atoms. The van der Waals surface area contributed by atoms with E-state index in [4.69, 9.17) is 22.3 Å². The lowest BCUT2D eigenvalue weighted by molar-refractivity contribution is 0.421. The molecular formula is C6H10N6O. The molecule has 13 heavy (non-hydrogen) atoms. The SMILES string of the molecule is Cc1conc1N(C(=N)N)C(=N)N. The van der Waals surface area contributed by atoms with E-state index in [0.717, 1.165) is 4.90 Å². The molecule has 70 valence electrons. The first kappa shape index (κ1) is 9.04. The van der Waals surface area contributed by atoms with Crippen molar-refractivity contribution in [1.82, 2.24) is 5.16 Å². The second-order valence-corrected chi connectivity index (χ2v) is 2.43. The molecule has 1 heterocycles. The highest BCUT2D eigenvalue weighted by molar-refractivity contribution is 6.13. The average Bonchev–Trinajstić information content (AvgIpc) is 2.35. The molecule has 0 amide bonds. The Morgan fingerprint density at radius 3 is 2.31 bits per heavy atom. The van der Waals surface area contributed by atoms with Crippen LogP contribution in [-0.2, 0) is 0 Å². The Labute approximate surface area is 74.3 Å². The number of anilines is 1. The van der Waals surface area contributed by atoms with Gasteiger partial charge in [0.2, 0.25) is 11.9 Å². The molecule has 0 atom stereocenters. The molecule has 0 radical (unpaired) electrons. The van der Waals surface area contributed by atoms with Gasteiger partial charge in [0, 0.05) is 5.56 Å². The summed E-state index contributed by atoms with van der Waals surface area (Å²) in [6.07, 6.45) is 1.38. The van der Waals surface area contributed by atoms with Crippen molar-refractivity contribution in [3.05, 3.63) is 11.8 Å². The van der Waals surface area contributed by atoms with Crippen molar-refractivity contribution in [2.75, 3.05) is 4.90 Å². The van der Waals surface area contributed by atoms with Crippen LogP contribution in [-0.4, -0.2) is 17.1 Å². The second kappa shape index (κ2) is 3.13. The highest BCUT2D eigenvalue weighted by atomic mass is 16.5. The summed E-state index contributed by atoms with van der Waals surface area (Å²) in [7, 11) is 0. The van der Waals surface area contributed by atoms with E-state index in [1.54, 1.807) is 6.92 Å². The fourth-order valence-electron chi connectivity index (χ4n) is 0.855. The molecule has 0 aliphatic rings. The van der Waals surface area contributed by atoms with Crippen molar-refractivity contribution in [1.29, 1.82) is 10.8 Å². The van der Waals surface area contributed by atoms with E-state index in [2.05, 4.69) is 9.68 Å². The van der Waals surface area contributed by atoms with E-state index >= 15 is 0 Å². The van der Waals surface area contributed by atoms with Crippen molar-refractivity contribution in [3.8, 4) is 0 Å². The lowest BCUT2D eigenvalue weighted by atomic mass is 10.3. The smallest absolute Gasteiger partial charge is 0.201 e. The largest absolute Gasteiger partial charge is 0.369 e. The maximum absolute atomic E-state index is 7.16. The minimum atomic E-state index is -0.371. The van der Waals surface area contributed by atoms with Gasteiger partial charge >= 0.3 is 0 Å². The van der Waals surface area contributed by atoms with Crippen LogP contribution in [0.25, 0.3) is 0 Å². The third-order valence-corrected chi connectivity index (χ3v) is 1.41. The molecule has 0 aliphatic carbocycles. The zero-order chi connectivity index (χ0) is 10.0. The lowest BCUT2D eigenvalue weighted by Gasteiger charge is -2.17. The highest BCUT2D eigenvalue weighted by Crippen LogP contribution is 2.15. The molecule has 0 fully saturated rings. The molecule has 0 saturated carbocycles. The number of aromatic nitrogens is 1. The highest BCUT2D eigenvalue weighted by Gasteiger charge is 2.18. The van der Waals surface area contributed by atoms with Crippen LogP contribution in [0.15, 0.2) is 10.8 Å². The molecule has 6 N–H and O–H groups in total. The van der Waals surface area contributed by atoms with E-state index in [-0.39, 0.29) is 17.7 Å². The van der Waals surface area contributed by atoms with Crippen molar-refractivity contribution >= 4 is 17.7 Å². The first-order valence-electron chi connectivity index (χ1n) is 3.43. The van der Waals surface area contributed by atoms with Crippen molar-refractivity contribution in [2.24, 2.45) is 11.5 Å². The van der Waals surface area contributed by atoms with Crippen LogP contribution >= 0.6 is 0 Å². The number of rotatable bonds is 1.